The predicted octanol–water partition coefficient (Wildman–Crippen LogP) is 5.51. The van der Waals surface area contributed by atoms with Crippen molar-refractivity contribution >= 4 is 22.6 Å². The van der Waals surface area contributed by atoms with Crippen LogP contribution in [0.15, 0.2) is 53.6 Å². The van der Waals surface area contributed by atoms with Crippen LogP contribution in [0.25, 0.3) is 10.8 Å². The fourth-order valence-electron chi connectivity index (χ4n) is 4.77. The number of rotatable bonds is 6. The van der Waals surface area contributed by atoms with Gasteiger partial charge in [-0.05, 0) is 43.4 Å². The molecule has 0 aromatic heterocycles. The van der Waals surface area contributed by atoms with Gasteiger partial charge in [0.05, 0.1) is 11.5 Å². The van der Waals surface area contributed by atoms with Crippen molar-refractivity contribution < 1.29 is 37.7 Å². The normalized spacial score (nSPS) is 19.7. The van der Waals surface area contributed by atoms with Gasteiger partial charge in [-0.3, -0.25) is 4.79 Å². The zero-order chi connectivity index (χ0) is 25.4. The lowest BCUT2D eigenvalue weighted by Gasteiger charge is -2.26. The van der Waals surface area contributed by atoms with Crippen LogP contribution in [0.5, 0.6) is 11.5 Å². The third kappa shape index (κ3) is 4.85. The molecule has 1 fully saturated rings. The number of phenols is 1. The Kier molecular flexibility index (Phi) is 6.53. The molecule has 2 aliphatic rings. The van der Waals surface area contributed by atoms with Crippen molar-refractivity contribution in [3.05, 3.63) is 59.2 Å². The van der Waals surface area contributed by atoms with Crippen molar-refractivity contribution in [1.82, 2.24) is 5.32 Å². The van der Waals surface area contributed by atoms with Gasteiger partial charge in [-0.2, -0.15) is 13.2 Å². The summed E-state index contributed by atoms with van der Waals surface area (Å²) in [5, 5.41) is 23.8. The minimum absolute atomic E-state index is 0.0417. The van der Waals surface area contributed by atoms with Crippen LogP contribution in [0.1, 0.15) is 49.4 Å². The van der Waals surface area contributed by atoms with Gasteiger partial charge in [-0.15, -0.1) is 0 Å². The fraction of sp³-hybridized carbons (Fsp3) is 0.385. The summed E-state index contributed by atoms with van der Waals surface area (Å²) in [6.45, 7) is 1.48. The average molecular weight is 489 g/mol. The molecule has 0 aliphatic heterocycles. The van der Waals surface area contributed by atoms with E-state index in [9.17, 15) is 33.0 Å². The molecule has 2 aromatic rings. The Morgan fingerprint density at radius 3 is 2.43 bits per heavy atom. The van der Waals surface area contributed by atoms with E-state index in [2.05, 4.69) is 5.32 Å². The van der Waals surface area contributed by atoms with Crippen LogP contribution in [0.3, 0.4) is 0 Å². The summed E-state index contributed by atoms with van der Waals surface area (Å²) in [7, 11) is 0. The molecule has 0 radical (unpaired) electrons. The highest BCUT2D eigenvalue weighted by atomic mass is 19.4. The van der Waals surface area contributed by atoms with E-state index in [1.165, 1.54) is 12.1 Å². The number of nitrogens with one attached hydrogen (secondary N) is 1. The van der Waals surface area contributed by atoms with Crippen molar-refractivity contribution in [3.63, 3.8) is 0 Å². The fourth-order valence-corrected chi connectivity index (χ4v) is 4.77. The molecular weight excluding hydrogens is 463 g/mol. The maximum absolute atomic E-state index is 13.3. The molecule has 0 heterocycles. The number of alkyl halides is 3. The second-order valence-electron chi connectivity index (χ2n) is 9.12. The number of carbonyl (C=O) groups is 2. The molecule has 3 N–H and O–H groups in total. The number of allylic oxidation sites excluding steroid dienone is 2. The molecule has 2 aliphatic carbocycles. The van der Waals surface area contributed by atoms with Crippen LogP contribution in [0, 0.1) is 5.92 Å². The van der Waals surface area contributed by atoms with Crippen LogP contribution >= 0.6 is 0 Å². The Labute approximate surface area is 200 Å². The first-order valence-corrected chi connectivity index (χ1v) is 11.4. The van der Waals surface area contributed by atoms with Crippen molar-refractivity contribution in [2.75, 3.05) is 6.61 Å². The molecule has 186 valence electrons. The molecular formula is C26H26F3NO5. The zero-order valence-electron chi connectivity index (χ0n) is 19.1. The lowest BCUT2D eigenvalue weighted by Crippen LogP contribution is -2.52. The van der Waals surface area contributed by atoms with Gasteiger partial charge in [-0.1, -0.05) is 49.3 Å². The molecule has 35 heavy (non-hydrogen) atoms. The van der Waals surface area contributed by atoms with Gasteiger partial charge in [0, 0.05) is 10.8 Å². The molecule has 4 rings (SSSR count). The number of ether oxygens (including phenoxy) is 1. The summed E-state index contributed by atoms with van der Waals surface area (Å²) < 4.78 is 45.3. The lowest BCUT2D eigenvalue weighted by atomic mass is 9.91. The summed E-state index contributed by atoms with van der Waals surface area (Å²) in [6.07, 6.45) is 0.0241. The van der Waals surface area contributed by atoms with Crippen LogP contribution in [-0.2, 0) is 4.79 Å². The smallest absolute Gasteiger partial charge is 0.395 e. The molecule has 1 saturated carbocycles. The van der Waals surface area contributed by atoms with Crippen LogP contribution in [0.2, 0.25) is 0 Å². The van der Waals surface area contributed by atoms with Gasteiger partial charge < -0.3 is 20.3 Å². The SMILES string of the molecule is CC1=CC(C(F)(F)F)CC=C1COc1c(C(=O)NC2(C(=O)O)CCCC2)cc(O)c2ccccc12. The standard InChI is InChI=1S/C26H26F3NO5/c1-15-12-17(26(27,28)29)9-8-16(15)14-35-22-19-7-3-2-6-18(19)21(31)13-20(22)23(32)30-25(24(33)34)10-4-5-11-25/h2-3,6-8,12-13,17,31H,4-5,9-11,14H2,1H3,(H,30,32)(H,33,34). The van der Waals surface area contributed by atoms with Crippen LogP contribution in [0.4, 0.5) is 13.2 Å². The first-order valence-electron chi connectivity index (χ1n) is 11.4. The third-order valence-electron chi connectivity index (χ3n) is 6.81. The molecule has 0 saturated heterocycles. The highest BCUT2D eigenvalue weighted by Crippen LogP contribution is 2.39. The van der Waals surface area contributed by atoms with Crippen molar-refractivity contribution in [1.29, 1.82) is 0 Å². The maximum atomic E-state index is 13.3. The third-order valence-corrected chi connectivity index (χ3v) is 6.81. The highest BCUT2D eigenvalue weighted by Gasteiger charge is 2.43. The first-order chi connectivity index (χ1) is 16.5. The summed E-state index contributed by atoms with van der Waals surface area (Å²) in [4.78, 5) is 25.2. The molecule has 9 heteroatoms. The van der Waals surface area contributed by atoms with E-state index in [4.69, 9.17) is 4.74 Å². The number of hydrogen-bond acceptors (Lipinski definition) is 4. The number of carboxylic acid groups (broad SMARTS) is 1. The Hall–Kier alpha value is -3.49. The number of hydrogen-bond donors (Lipinski definition) is 3. The minimum atomic E-state index is -4.33. The monoisotopic (exact) mass is 489 g/mol. The zero-order valence-corrected chi connectivity index (χ0v) is 19.1. The van der Waals surface area contributed by atoms with E-state index in [0.29, 0.717) is 47.6 Å². The Morgan fingerprint density at radius 2 is 1.83 bits per heavy atom. The van der Waals surface area contributed by atoms with Gasteiger partial charge in [0.1, 0.15) is 23.6 Å². The highest BCUT2D eigenvalue weighted by molar-refractivity contribution is 6.07. The van der Waals surface area contributed by atoms with E-state index in [1.54, 1.807) is 31.2 Å². The Balaban J connectivity index is 1.67. The van der Waals surface area contributed by atoms with Gasteiger partial charge in [0.2, 0.25) is 0 Å². The van der Waals surface area contributed by atoms with Crippen molar-refractivity contribution in [2.24, 2.45) is 5.92 Å². The van der Waals surface area contributed by atoms with Gasteiger partial charge in [0.25, 0.3) is 5.91 Å². The maximum Gasteiger partial charge on any atom is 0.395 e. The largest absolute Gasteiger partial charge is 0.507 e. The first kappa shape index (κ1) is 24.6. The van der Waals surface area contributed by atoms with E-state index in [0.717, 1.165) is 6.08 Å². The number of aliphatic carboxylic acids is 1. The Bertz CT molecular complexity index is 1230. The minimum Gasteiger partial charge on any atom is -0.507 e. The predicted molar refractivity (Wildman–Crippen MR) is 123 cm³/mol. The summed E-state index contributed by atoms with van der Waals surface area (Å²) >= 11 is 0. The molecule has 0 bridgehead atoms. The molecule has 6 nitrogen and oxygen atoms in total. The second-order valence-corrected chi connectivity index (χ2v) is 9.12. The van der Waals surface area contributed by atoms with E-state index in [-0.39, 0.29) is 30.1 Å². The molecule has 2 aromatic carbocycles. The van der Waals surface area contributed by atoms with Crippen LogP contribution in [-0.4, -0.2) is 40.4 Å². The number of benzene rings is 2. The van der Waals surface area contributed by atoms with E-state index in [1.807, 2.05) is 0 Å². The lowest BCUT2D eigenvalue weighted by molar-refractivity contribution is -0.160. The quantitative estimate of drug-likeness (QED) is 0.498. The topological polar surface area (TPSA) is 95.9 Å². The second kappa shape index (κ2) is 9.28. The number of halogens is 3. The molecule has 1 atom stereocenters. The number of fused-ring (bicyclic) bond motifs is 1. The van der Waals surface area contributed by atoms with Gasteiger partial charge in [-0.25, -0.2) is 4.79 Å². The van der Waals surface area contributed by atoms with Crippen LogP contribution < -0.4 is 10.1 Å². The summed E-state index contributed by atoms with van der Waals surface area (Å²) in [5.74, 6) is -3.42. The van der Waals surface area contributed by atoms with Crippen molar-refractivity contribution in [3.8, 4) is 11.5 Å². The number of aromatic hydroxyl groups is 1. The summed E-state index contributed by atoms with van der Waals surface area (Å²) in [6, 6.07) is 7.94. The van der Waals surface area contributed by atoms with E-state index >= 15 is 0 Å². The number of amides is 1. The molecule has 1 amide bonds. The Morgan fingerprint density at radius 1 is 1.17 bits per heavy atom. The average Bonchev–Trinajstić information content (AvgIpc) is 3.28. The summed E-state index contributed by atoms with van der Waals surface area (Å²) in [5.41, 5.74) is -0.442. The number of phenolic OH excluding ortho intramolecular Hbond substituents is 1. The van der Waals surface area contributed by atoms with Gasteiger partial charge >= 0.3 is 12.1 Å². The van der Waals surface area contributed by atoms with Crippen molar-refractivity contribution in [2.45, 2.75) is 50.7 Å². The molecule has 0 spiro atoms. The van der Waals surface area contributed by atoms with E-state index < -0.39 is 29.5 Å². The number of carbonyl (C=O) groups excluding carboxylic acids is 1. The number of carboxylic acids is 1. The van der Waals surface area contributed by atoms with Gasteiger partial charge in [0.15, 0.2) is 0 Å². The molecule has 1 unspecified atom stereocenters.